The molecule has 0 aliphatic carbocycles. The van der Waals surface area contributed by atoms with Crippen LogP contribution in [0.15, 0.2) is 23.1 Å². The van der Waals surface area contributed by atoms with E-state index in [2.05, 4.69) is 5.10 Å². The summed E-state index contributed by atoms with van der Waals surface area (Å²) in [7, 11) is 1.78. The highest BCUT2D eigenvalue weighted by Crippen LogP contribution is 2.27. The minimum absolute atomic E-state index is 0.160. The number of hydrogen-bond donors (Lipinski definition) is 0. The van der Waals surface area contributed by atoms with E-state index in [1.807, 2.05) is 19.0 Å². The molecule has 0 fully saturated rings. The first-order chi connectivity index (χ1) is 11.7. The van der Waals surface area contributed by atoms with Crippen LogP contribution in [0.3, 0.4) is 0 Å². The third-order valence-corrected chi connectivity index (χ3v) is 6.13. The number of sulfonamides is 1. The quantitative estimate of drug-likeness (QED) is 0.819. The first kappa shape index (κ1) is 18.0. The fraction of sp³-hybridized carbons (Fsp3) is 0.438. The van der Waals surface area contributed by atoms with Crippen LogP contribution in [0.25, 0.3) is 0 Å². The second kappa shape index (κ2) is 6.47. The smallest absolute Gasteiger partial charge is 0.243 e. The van der Waals surface area contributed by atoms with E-state index in [0.29, 0.717) is 13.0 Å². The number of fused-ring (bicyclic) bond motifs is 1. The number of nitrogens with zero attached hydrogens (tertiary/aromatic N) is 4. The fourth-order valence-electron chi connectivity index (χ4n) is 3.05. The molecule has 0 radical (unpaired) electrons. The van der Waals surface area contributed by atoms with E-state index in [9.17, 15) is 17.2 Å². The molecule has 6 nitrogen and oxygen atoms in total. The molecule has 1 aromatic carbocycles. The van der Waals surface area contributed by atoms with Gasteiger partial charge in [-0.2, -0.15) is 9.40 Å². The molecule has 0 spiro atoms. The second-order valence-electron chi connectivity index (χ2n) is 6.40. The summed E-state index contributed by atoms with van der Waals surface area (Å²) in [5.41, 5.74) is 2.83. The molecule has 136 valence electrons. The summed E-state index contributed by atoms with van der Waals surface area (Å²) in [6.07, 6.45) is 0.537. The molecular formula is C16H20F2N4O2S. The van der Waals surface area contributed by atoms with Crippen LogP contribution in [0.5, 0.6) is 0 Å². The van der Waals surface area contributed by atoms with E-state index in [4.69, 9.17) is 0 Å². The average molecular weight is 370 g/mol. The third kappa shape index (κ3) is 3.31. The molecule has 1 aromatic heterocycles. The number of benzene rings is 1. The Labute approximate surface area is 145 Å². The summed E-state index contributed by atoms with van der Waals surface area (Å²) >= 11 is 0. The molecule has 2 heterocycles. The van der Waals surface area contributed by atoms with Gasteiger partial charge in [0, 0.05) is 25.7 Å². The minimum atomic E-state index is -3.90. The van der Waals surface area contributed by atoms with E-state index in [-0.39, 0.29) is 18.0 Å². The summed E-state index contributed by atoms with van der Waals surface area (Å²) in [4.78, 5) is 1.76. The molecule has 3 rings (SSSR count). The van der Waals surface area contributed by atoms with Crippen molar-refractivity contribution >= 4 is 10.0 Å². The van der Waals surface area contributed by atoms with Crippen molar-refractivity contribution in [2.45, 2.75) is 24.4 Å². The van der Waals surface area contributed by atoms with Crippen LogP contribution >= 0.6 is 0 Å². The van der Waals surface area contributed by atoms with Crippen LogP contribution < -0.4 is 0 Å². The Morgan fingerprint density at radius 2 is 1.96 bits per heavy atom. The number of aromatic nitrogens is 2. The number of rotatable bonds is 4. The monoisotopic (exact) mass is 370 g/mol. The average Bonchev–Trinajstić information content (AvgIpc) is 2.85. The van der Waals surface area contributed by atoms with Crippen molar-refractivity contribution in [3.05, 3.63) is 46.8 Å². The molecular weight excluding hydrogens is 350 g/mol. The van der Waals surface area contributed by atoms with E-state index < -0.39 is 21.7 Å². The SMILES string of the molecule is CN(C)Cc1nn(C)c2c1CCN(S(=O)(=O)c1ccc(F)c(F)c1)C2. The highest BCUT2D eigenvalue weighted by Gasteiger charge is 2.32. The zero-order chi connectivity index (χ0) is 18.4. The van der Waals surface area contributed by atoms with Gasteiger partial charge in [0.05, 0.1) is 22.8 Å². The topological polar surface area (TPSA) is 58.4 Å². The molecule has 0 saturated carbocycles. The second-order valence-corrected chi connectivity index (χ2v) is 8.34. The zero-order valence-electron chi connectivity index (χ0n) is 14.3. The lowest BCUT2D eigenvalue weighted by atomic mass is 10.1. The van der Waals surface area contributed by atoms with Gasteiger partial charge < -0.3 is 4.90 Å². The summed E-state index contributed by atoms with van der Waals surface area (Å²) in [6.45, 7) is 1.12. The largest absolute Gasteiger partial charge is 0.303 e. The van der Waals surface area contributed by atoms with Crippen molar-refractivity contribution in [3.63, 3.8) is 0 Å². The molecule has 0 saturated heterocycles. The van der Waals surface area contributed by atoms with Gasteiger partial charge in [0.1, 0.15) is 0 Å². The van der Waals surface area contributed by atoms with Crippen molar-refractivity contribution < 1.29 is 17.2 Å². The summed E-state index contributed by atoms with van der Waals surface area (Å²) in [6, 6.07) is 2.64. The summed E-state index contributed by atoms with van der Waals surface area (Å²) in [5.74, 6) is -2.24. The fourth-order valence-corrected chi connectivity index (χ4v) is 4.47. The molecule has 9 heteroatoms. The predicted octanol–water partition coefficient (Wildman–Crippen LogP) is 1.51. The first-order valence-electron chi connectivity index (χ1n) is 7.83. The molecule has 2 aromatic rings. The van der Waals surface area contributed by atoms with Gasteiger partial charge in [0.15, 0.2) is 11.6 Å². The molecule has 0 N–H and O–H groups in total. The molecule has 1 aliphatic rings. The van der Waals surface area contributed by atoms with E-state index in [0.717, 1.165) is 35.2 Å². The molecule has 1 aliphatic heterocycles. The zero-order valence-corrected chi connectivity index (χ0v) is 15.1. The lowest BCUT2D eigenvalue weighted by Gasteiger charge is -2.27. The van der Waals surface area contributed by atoms with Gasteiger partial charge in [-0.1, -0.05) is 0 Å². The van der Waals surface area contributed by atoms with Gasteiger partial charge in [-0.15, -0.1) is 0 Å². The van der Waals surface area contributed by atoms with Gasteiger partial charge >= 0.3 is 0 Å². The van der Waals surface area contributed by atoms with Crippen molar-refractivity contribution in [2.24, 2.45) is 7.05 Å². The van der Waals surface area contributed by atoms with Gasteiger partial charge in [0.2, 0.25) is 10.0 Å². The standard InChI is InChI=1S/C16H20F2N4O2S/c1-20(2)9-15-12-6-7-22(10-16(12)21(3)19-15)25(23,24)11-4-5-13(17)14(18)8-11/h4-5,8H,6-7,9-10H2,1-3H3. The van der Waals surface area contributed by atoms with Crippen molar-refractivity contribution in [2.75, 3.05) is 20.6 Å². The van der Waals surface area contributed by atoms with Crippen LogP contribution in [0.2, 0.25) is 0 Å². The van der Waals surface area contributed by atoms with Crippen LogP contribution in [-0.4, -0.2) is 48.0 Å². The predicted molar refractivity (Wildman–Crippen MR) is 88.3 cm³/mol. The Balaban J connectivity index is 1.92. The molecule has 25 heavy (non-hydrogen) atoms. The summed E-state index contributed by atoms with van der Waals surface area (Å²) in [5, 5.41) is 4.49. The lowest BCUT2D eigenvalue weighted by Crippen LogP contribution is -2.36. The van der Waals surface area contributed by atoms with E-state index in [1.165, 1.54) is 4.31 Å². The Hall–Kier alpha value is -1.84. The van der Waals surface area contributed by atoms with Gasteiger partial charge in [-0.25, -0.2) is 17.2 Å². The highest BCUT2D eigenvalue weighted by atomic mass is 32.2. The van der Waals surface area contributed by atoms with E-state index >= 15 is 0 Å². The molecule has 0 unspecified atom stereocenters. The van der Waals surface area contributed by atoms with Crippen molar-refractivity contribution in [1.29, 1.82) is 0 Å². The van der Waals surface area contributed by atoms with Gasteiger partial charge in [0.25, 0.3) is 0 Å². The maximum atomic E-state index is 13.4. The Kier molecular flexibility index (Phi) is 4.65. The lowest BCUT2D eigenvalue weighted by molar-refractivity contribution is 0.375. The highest BCUT2D eigenvalue weighted by molar-refractivity contribution is 7.89. The Bertz CT molecular complexity index is 909. The van der Waals surface area contributed by atoms with Crippen LogP contribution in [-0.2, 0) is 36.6 Å². The maximum absolute atomic E-state index is 13.4. The van der Waals surface area contributed by atoms with Crippen LogP contribution in [0, 0.1) is 11.6 Å². The normalized spacial score (nSPS) is 15.6. The number of halogens is 2. The van der Waals surface area contributed by atoms with E-state index in [1.54, 1.807) is 11.7 Å². The number of hydrogen-bond acceptors (Lipinski definition) is 4. The summed E-state index contributed by atoms with van der Waals surface area (Å²) < 4.78 is 55.0. The Morgan fingerprint density at radius 1 is 1.24 bits per heavy atom. The first-order valence-corrected chi connectivity index (χ1v) is 9.27. The van der Waals surface area contributed by atoms with Gasteiger partial charge in [-0.3, -0.25) is 4.68 Å². The third-order valence-electron chi connectivity index (χ3n) is 4.29. The van der Waals surface area contributed by atoms with Crippen LogP contribution in [0.1, 0.15) is 17.0 Å². The number of aryl methyl sites for hydroxylation is 1. The van der Waals surface area contributed by atoms with Crippen molar-refractivity contribution in [1.82, 2.24) is 19.0 Å². The van der Waals surface area contributed by atoms with Crippen LogP contribution in [0.4, 0.5) is 8.78 Å². The maximum Gasteiger partial charge on any atom is 0.243 e. The molecule has 0 bridgehead atoms. The minimum Gasteiger partial charge on any atom is -0.303 e. The molecule has 0 atom stereocenters. The van der Waals surface area contributed by atoms with Crippen molar-refractivity contribution in [3.8, 4) is 0 Å². The molecule has 0 amide bonds. The van der Waals surface area contributed by atoms with Gasteiger partial charge in [-0.05, 0) is 38.7 Å². The Morgan fingerprint density at radius 3 is 2.60 bits per heavy atom.